The number of benzene rings is 1. The minimum atomic E-state index is 0. The molecule has 1 aromatic heterocycles. The first kappa shape index (κ1) is 24.2. The molecule has 150 valence electrons. The van der Waals surface area contributed by atoms with Gasteiger partial charge in [-0.2, -0.15) is 0 Å². The SMILES string of the molecule is CNCC1CCCN(C(=O)c2ccccc2SCc2csc(C)n2)C1.Cl.Cl. The normalized spacial score (nSPS) is 16.4. The molecule has 3 rings (SSSR count). The molecule has 1 aromatic carbocycles. The smallest absolute Gasteiger partial charge is 0.254 e. The van der Waals surface area contributed by atoms with E-state index in [-0.39, 0.29) is 30.7 Å². The van der Waals surface area contributed by atoms with Crippen molar-refractivity contribution in [3.63, 3.8) is 0 Å². The van der Waals surface area contributed by atoms with Crippen LogP contribution in [0.5, 0.6) is 0 Å². The topological polar surface area (TPSA) is 45.2 Å². The second-order valence-corrected chi connectivity index (χ2v) is 8.54. The lowest BCUT2D eigenvalue weighted by atomic mass is 9.97. The first-order chi connectivity index (χ1) is 12.2. The maximum absolute atomic E-state index is 13.1. The number of hydrogen-bond acceptors (Lipinski definition) is 5. The molecular weight excluding hydrogens is 421 g/mol. The van der Waals surface area contributed by atoms with E-state index in [1.807, 2.05) is 43.1 Å². The van der Waals surface area contributed by atoms with E-state index in [4.69, 9.17) is 0 Å². The average Bonchev–Trinajstić information content (AvgIpc) is 3.05. The number of thioether (sulfide) groups is 1. The average molecular weight is 448 g/mol. The number of amides is 1. The maximum Gasteiger partial charge on any atom is 0.254 e. The molecule has 27 heavy (non-hydrogen) atoms. The molecule has 2 aromatic rings. The number of thiazole rings is 1. The number of hydrogen-bond donors (Lipinski definition) is 1. The molecule has 1 aliphatic heterocycles. The minimum absolute atomic E-state index is 0. The second kappa shape index (κ2) is 11.9. The molecule has 1 aliphatic rings. The molecule has 1 amide bonds. The lowest BCUT2D eigenvalue weighted by Crippen LogP contribution is -2.42. The molecule has 0 saturated carbocycles. The molecule has 1 unspecified atom stereocenters. The summed E-state index contributed by atoms with van der Waals surface area (Å²) in [5.74, 6) is 1.52. The molecule has 0 aliphatic carbocycles. The number of carbonyl (C=O) groups excluding carboxylic acids is 1. The van der Waals surface area contributed by atoms with Crippen LogP contribution >= 0.6 is 47.9 Å². The van der Waals surface area contributed by atoms with Gasteiger partial charge in [0.05, 0.1) is 16.3 Å². The maximum atomic E-state index is 13.1. The highest BCUT2D eigenvalue weighted by Gasteiger charge is 2.25. The number of halogens is 2. The Labute approximate surface area is 182 Å². The zero-order valence-corrected chi connectivity index (χ0v) is 18.9. The Morgan fingerprint density at radius 1 is 1.37 bits per heavy atom. The Hall–Kier alpha value is -0.790. The van der Waals surface area contributed by atoms with Crippen molar-refractivity contribution < 1.29 is 4.79 Å². The van der Waals surface area contributed by atoms with Gasteiger partial charge in [0.25, 0.3) is 5.91 Å². The number of nitrogens with one attached hydrogen (secondary N) is 1. The van der Waals surface area contributed by atoms with Crippen molar-refractivity contribution in [3.05, 3.63) is 45.9 Å². The van der Waals surface area contributed by atoms with Gasteiger partial charge in [0.1, 0.15) is 0 Å². The Kier molecular flexibility index (Phi) is 10.7. The third kappa shape index (κ3) is 6.64. The van der Waals surface area contributed by atoms with Crippen LogP contribution in [0.1, 0.15) is 33.9 Å². The molecule has 2 heterocycles. The molecule has 1 fully saturated rings. The monoisotopic (exact) mass is 447 g/mol. The Balaban J connectivity index is 0.00000182. The molecular formula is C19H27Cl2N3OS2. The van der Waals surface area contributed by atoms with Crippen LogP contribution in [-0.4, -0.2) is 42.5 Å². The lowest BCUT2D eigenvalue weighted by molar-refractivity contribution is 0.0670. The summed E-state index contributed by atoms with van der Waals surface area (Å²) >= 11 is 3.37. The van der Waals surface area contributed by atoms with Crippen LogP contribution in [0.15, 0.2) is 34.5 Å². The third-order valence-corrected chi connectivity index (χ3v) is 6.39. The third-order valence-electron chi connectivity index (χ3n) is 4.46. The molecule has 8 heteroatoms. The van der Waals surface area contributed by atoms with Gasteiger partial charge >= 0.3 is 0 Å². The molecule has 0 bridgehead atoms. The lowest BCUT2D eigenvalue weighted by Gasteiger charge is -2.33. The Bertz CT molecular complexity index is 724. The van der Waals surface area contributed by atoms with E-state index in [9.17, 15) is 4.79 Å². The fraction of sp³-hybridized carbons (Fsp3) is 0.474. The summed E-state index contributed by atoms with van der Waals surface area (Å²) < 4.78 is 0. The molecule has 1 saturated heterocycles. The fourth-order valence-corrected chi connectivity index (χ4v) is 4.93. The summed E-state index contributed by atoms with van der Waals surface area (Å²) in [5.41, 5.74) is 1.91. The van der Waals surface area contributed by atoms with Crippen molar-refractivity contribution in [2.24, 2.45) is 5.92 Å². The predicted octanol–water partition coefficient (Wildman–Crippen LogP) is 4.66. The van der Waals surface area contributed by atoms with E-state index >= 15 is 0 Å². The molecule has 4 nitrogen and oxygen atoms in total. The van der Waals surface area contributed by atoms with Crippen molar-refractivity contribution in [1.82, 2.24) is 15.2 Å². The molecule has 1 atom stereocenters. The van der Waals surface area contributed by atoms with Crippen molar-refractivity contribution >= 4 is 53.8 Å². The van der Waals surface area contributed by atoms with Crippen LogP contribution in [0.2, 0.25) is 0 Å². The van der Waals surface area contributed by atoms with E-state index in [1.165, 1.54) is 6.42 Å². The largest absolute Gasteiger partial charge is 0.338 e. The van der Waals surface area contributed by atoms with Gasteiger partial charge in [0.15, 0.2) is 0 Å². The first-order valence-corrected chi connectivity index (χ1v) is 10.6. The van der Waals surface area contributed by atoms with E-state index in [0.717, 1.165) is 53.0 Å². The fourth-order valence-electron chi connectivity index (χ4n) is 3.27. The van der Waals surface area contributed by atoms with Gasteiger partial charge in [0, 0.05) is 29.1 Å². The van der Waals surface area contributed by atoms with E-state index in [0.29, 0.717) is 5.92 Å². The van der Waals surface area contributed by atoms with Crippen LogP contribution in [-0.2, 0) is 5.75 Å². The summed E-state index contributed by atoms with van der Waals surface area (Å²) in [4.78, 5) is 20.7. The number of aromatic nitrogens is 1. The van der Waals surface area contributed by atoms with Crippen LogP contribution in [0, 0.1) is 12.8 Å². The summed E-state index contributed by atoms with van der Waals surface area (Å²) in [6.07, 6.45) is 2.29. The number of aryl methyl sites for hydroxylation is 1. The van der Waals surface area contributed by atoms with Crippen molar-refractivity contribution in [1.29, 1.82) is 0 Å². The highest BCUT2D eigenvalue weighted by molar-refractivity contribution is 7.98. The first-order valence-electron chi connectivity index (χ1n) is 8.74. The highest BCUT2D eigenvalue weighted by atomic mass is 35.5. The van der Waals surface area contributed by atoms with Gasteiger partial charge in [-0.1, -0.05) is 12.1 Å². The van der Waals surface area contributed by atoms with Gasteiger partial charge < -0.3 is 10.2 Å². The van der Waals surface area contributed by atoms with Crippen LogP contribution in [0.3, 0.4) is 0 Å². The van der Waals surface area contributed by atoms with E-state index in [1.54, 1.807) is 23.1 Å². The van der Waals surface area contributed by atoms with E-state index in [2.05, 4.69) is 15.7 Å². The predicted molar refractivity (Wildman–Crippen MR) is 120 cm³/mol. The van der Waals surface area contributed by atoms with Gasteiger partial charge in [0.2, 0.25) is 0 Å². The number of rotatable bonds is 6. The quantitative estimate of drug-likeness (QED) is 0.653. The van der Waals surface area contributed by atoms with Crippen molar-refractivity contribution in [2.75, 3.05) is 26.7 Å². The summed E-state index contributed by atoms with van der Waals surface area (Å²) in [7, 11) is 1.98. The highest BCUT2D eigenvalue weighted by Crippen LogP contribution is 2.28. The second-order valence-electron chi connectivity index (χ2n) is 6.46. The standard InChI is InChI=1S/C19H25N3OS2.2ClH/c1-14-21-16(12-24-14)13-25-18-8-4-3-7-17(18)19(23)22-9-5-6-15(11-22)10-20-2;;/h3-4,7-8,12,15,20H,5-6,9-11,13H2,1-2H3;2*1H. The zero-order chi connectivity index (χ0) is 17.6. The zero-order valence-electron chi connectivity index (χ0n) is 15.6. The molecule has 0 radical (unpaired) electrons. The molecule has 1 N–H and O–H groups in total. The minimum Gasteiger partial charge on any atom is -0.338 e. The molecule has 0 spiro atoms. The van der Waals surface area contributed by atoms with Crippen LogP contribution in [0.4, 0.5) is 0 Å². The number of nitrogens with zero attached hydrogens (tertiary/aromatic N) is 2. The number of piperidine rings is 1. The Morgan fingerprint density at radius 3 is 2.85 bits per heavy atom. The summed E-state index contributed by atoms with van der Waals surface area (Å²) in [5, 5.41) is 6.42. The number of likely N-dealkylation sites (tertiary alicyclic amines) is 1. The number of carbonyl (C=O) groups is 1. The van der Waals surface area contributed by atoms with Crippen molar-refractivity contribution in [3.8, 4) is 0 Å². The van der Waals surface area contributed by atoms with Crippen molar-refractivity contribution in [2.45, 2.75) is 30.4 Å². The van der Waals surface area contributed by atoms with E-state index < -0.39 is 0 Å². The Morgan fingerprint density at radius 2 is 2.15 bits per heavy atom. The van der Waals surface area contributed by atoms with Crippen LogP contribution in [0.25, 0.3) is 0 Å². The van der Waals surface area contributed by atoms with Gasteiger partial charge in [-0.3, -0.25) is 4.79 Å². The van der Waals surface area contributed by atoms with Crippen LogP contribution < -0.4 is 5.32 Å². The summed E-state index contributed by atoms with van der Waals surface area (Å²) in [6, 6.07) is 7.97. The van der Waals surface area contributed by atoms with Gasteiger partial charge in [-0.15, -0.1) is 47.9 Å². The van der Waals surface area contributed by atoms with Gasteiger partial charge in [-0.25, -0.2) is 4.98 Å². The van der Waals surface area contributed by atoms with Gasteiger partial charge in [-0.05, 0) is 51.4 Å². The summed E-state index contributed by atoms with van der Waals surface area (Å²) in [6.45, 7) is 4.71.